The Bertz CT molecular complexity index is 521. The number of amides is 2. The molecule has 0 aromatic rings. The van der Waals surface area contributed by atoms with E-state index in [2.05, 4.69) is 29.5 Å². The molecule has 156 valence electrons. The van der Waals surface area contributed by atoms with Crippen LogP contribution in [0.15, 0.2) is 4.99 Å². The van der Waals surface area contributed by atoms with Crippen molar-refractivity contribution in [3.63, 3.8) is 0 Å². The van der Waals surface area contributed by atoms with E-state index in [0.29, 0.717) is 50.5 Å². The minimum absolute atomic E-state index is 0. The van der Waals surface area contributed by atoms with Gasteiger partial charge < -0.3 is 15.4 Å². The third-order valence-electron chi connectivity index (χ3n) is 6.02. The van der Waals surface area contributed by atoms with E-state index >= 15 is 0 Å². The molecule has 2 N–H and O–H groups in total. The number of halogens is 1. The number of aliphatic imine (C=N–C) groups is 1. The summed E-state index contributed by atoms with van der Waals surface area (Å²) in [5.41, 5.74) is 0.131. The predicted molar refractivity (Wildman–Crippen MR) is 117 cm³/mol. The van der Waals surface area contributed by atoms with Crippen molar-refractivity contribution in [2.45, 2.75) is 71.4 Å². The van der Waals surface area contributed by atoms with E-state index in [1.165, 1.54) is 4.90 Å². The Morgan fingerprint density at radius 1 is 1.22 bits per heavy atom. The largest absolute Gasteiger partial charge is 0.378 e. The number of imide groups is 1. The molecule has 0 bridgehead atoms. The topological polar surface area (TPSA) is 83.0 Å². The molecule has 0 radical (unpaired) electrons. The highest BCUT2D eigenvalue weighted by Crippen LogP contribution is 2.48. The molecule has 27 heavy (non-hydrogen) atoms. The molecule has 2 fully saturated rings. The number of rotatable bonds is 8. The Morgan fingerprint density at radius 2 is 1.85 bits per heavy atom. The molecule has 0 aromatic carbocycles. The number of hydrogen-bond donors (Lipinski definition) is 2. The number of hydrogen-bond acceptors (Lipinski definition) is 4. The average molecular weight is 494 g/mol. The van der Waals surface area contributed by atoms with Crippen LogP contribution in [0.25, 0.3) is 0 Å². The van der Waals surface area contributed by atoms with Gasteiger partial charge in [-0.15, -0.1) is 24.0 Å². The molecular weight excluding hydrogens is 459 g/mol. The van der Waals surface area contributed by atoms with Gasteiger partial charge in [-0.1, -0.05) is 13.8 Å². The summed E-state index contributed by atoms with van der Waals surface area (Å²) in [6.45, 7) is 8.10. The summed E-state index contributed by atoms with van der Waals surface area (Å²) < 4.78 is 5.92. The summed E-state index contributed by atoms with van der Waals surface area (Å²) >= 11 is 0. The van der Waals surface area contributed by atoms with Crippen LogP contribution in [0, 0.1) is 5.41 Å². The Morgan fingerprint density at radius 3 is 2.37 bits per heavy atom. The second-order valence-corrected chi connectivity index (χ2v) is 7.11. The van der Waals surface area contributed by atoms with Gasteiger partial charge in [-0.25, -0.2) is 0 Å². The molecule has 2 amide bonds. The molecule has 2 aliphatic rings. The van der Waals surface area contributed by atoms with Crippen molar-refractivity contribution in [3.05, 3.63) is 0 Å². The number of nitrogens with one attached hydrogen (secondary N) is 2. The number of carbonyl (C=O) groups excluding carboxylic acids is 2. The molecular formula is C19H35IN4O3. The molecule has 8 heteroatoms. The average Bonchev–Trinajstić information content (AvgIpc) is 2.62. The number of ether oxygens (including phenoxy) is 1. The van der Waals surface area contributed by atoms with Gasteiger partial charge in [0.15, 0.2) is 5.96 Å². The summed E-state index contributed by atoms with van der Waals surface area (Å²) in [4.78, 5) is 29.4. The minimum atomic E-state index is -0.0690. The van der Waals surface area contributed by atoms with Gasteiger partial charge in [-0.3, -0.25) is 19.5 Å². The lowest BCUT2D eigenvalue weighted by atomic mass is 9.58. The second-order valence-electron chi connectivity index (χ2n) is 7.11. The molecule has 0 spiro atoms. The summed E-state index contributed by atoms with van der Waals surface area (Å²) in [6, 6.07) is 0.318. The fourth-order valence-corrected chi connectivity index (χ4v) is 4.28. The summed E-state index contributed by atoms with van der Waals surface area (Å²) in [6.07, 6.45) is 4.98. The molecule has 1 saturated heterocycles. The van der Waals surface area contributed by atoms with Crippen molar-refractivity contribution in [2.75, 3.05) is 26.7 Å². The van der Waals surface area contributed by atoms with Crippen LogP contribution in [-0.4, -0.2) is 61.6 Å². The fourth-order valence-electron chi connectivity index (χ4n) is 4.28. The molecule has 2 atom stereocenters. The van der Waals surface area contributed by atoms with E-state index < -0.39 is 0 Å². The molecule has 1 saturated carbocycles. The number of likely N-dealkylation sites (tertiary alicyclic amines) is 1. The van der Waals surface area contributed by atoms with E-state index in [0.717, 1.165) is 25.9 Å². The highest BCUT2D eigenvalue weighted by molar-refractivity contribution is 14.0. The van der Waals surface area contributed by atoms with Crippen LogP contribution >= 0.6 is 24.0 Å². The maximum Gasteiger partial charge on any atom is 0.229 e. The summed E-state index contributed by atoms with van der Waals surface area (Å²) in [5, 5.41) is 6.76. The van der Waals surface area contributed by atoms with Gasteiger partial charge in [0.25, 0.3) is 0 Å². The van der Waals surface area contributed by atoms with E-state index in [-0.39, 0.29) is 41.2 Å². The van der Waals surface area contributed by atoms with E-state index in [4.69, 9.17) is 4.74 Å². The van der Waals surface area contributed by atoms with Gasteiger partial charge in [0.2, 0.25) is 11.8 Å². The first-order chi connectivity index (χ1) is 12.5. The molecule has 1 aliphatic heterocycles. The molecule has 0 aromatic heterocycles. The monoisotopic (exact) mass is 494 g/mol. The molecule has 2 rings (SSSR count). The Balaban J connectivity index is 0.00000364. The zero-order valence-corrected chi connectivity index (χ0v) is 19.4. The van der Waals surface area contributed by atoms with Gasteiger partial charge in [-0.2, -0.15) is 0 Å². The van der Waals surface area contributed by atoms with Gasteiger partial charge in [0.1, 0.15) is 0 Å². The standard InChI is InChI=1S/C19H34N4O3.HI/c1-5-19(6-2)14(13-15(19)26-7-3)22-18(20-4)21-11-12-23-16(24)9-8-10-17(23)25;/h14-15H,5-13H2,1-4H3,(H2,20,21,22);1H. The molecule has 2 unspecified atom stereocenters. The number of piperidine rings is 1. The van der Waals surface area contributed by atoms with Gasteiger partial charge in [0.05, 0.1) is 6.10 Å². The summed E-state index contributed by atoms with van der Waals surface area (Å²) in [7, 11) is 1.74. The number of guanidine groups is 1. The second kappa shape index (κ2) is 11.2. The van der Waals surface area contributed by atoms with Crippen molar-refractivity contribution in [2.24, 2.45) is 10.4 Å². The number of carbonyl (C=O) groups is 2. The lowest BCUT2D eigenvalue weighted by molar-refractivity contribution is -0.147. The molecule has 1 aliphatic carbocycles. The van der Waals surface area contributed by atoms with Crippen LogP contribution in [0.5, 0.6) is 0 Å². The zero-order valence-electron chi connectivity index (χ0n) is 17.0. The van der Waals surface area contributed by atoms with Crippen molar-refractivity contribution >= 4 is 41.8 Å². The van der Waals surface area contributed by atoms with Crippen molar-refractivity contribution in [3.8, 4) is 0 Å². The lowest BCUT2D eigenvalue weighted by Crippen LogP contribution is -2.65. The third kappa shape index (κ3) is 5.34. The Hall–Kier alpha value is -0.900. The SMILES string of the molecule is CCOC1CC(NC(=NC)NCCN2C(=O)CCCC2=O)C1(CC)CC.I. The van der Waals surface area contributed by atoms with E-state index in [9.17, 15) is 9.59 Å². The fraction of sp³-hybridized carbons (Fsp3) is 0.842. The Kier molecular flexibility index (Phi) is 10.0. The predicted octanol–water partition coefficient (Wildman–Crippen LogP) is 2.29. The van der Waals surface area contributed by atoms with Crippen molar-refractivity contribution < 1.29 is 14.3 Å². The highest BCUT2D eigenvalue weighted by Gasteiger charge is 2.53. The van der Waals surface area contributed by atoms with E-state index in [1.54, 1.807) is 7.05 Å². The summed E-state index contributed by atoms with van der Waals surface area (Å²) in [5.74, 6) is 0.578. The van der Waals surface area contributed by atoms with Crippen LogP contribution in [0.1, 0.15) is 59.3 Å². The molecule has 1 heterocycles. The van der Waals surface area contributed by atoms with Crippen LogP contribution in [-0.2, 0) is 14.3 Å². The van der Waals surface area contributed by atoms with Crippen LogP contribution in [0.2, 0.25) is 0 Å². The van der Waals surface area contributed by atoms with Gasteiger partial charge in [0, 0.05) is 51.0 Å². The molecule has 7 nitrogen and oxygen atoms in total. The van der Waals surface area contributed by atoms with Crippen LogP contribution in [0.4, 0.5) is 0 Å². The minimum Gasteiger partial charge on any atom is -0.378 e. The smallest absolute Gasteiger partial charge is 0.229 e. The van der Waals surface area contributed by atoms with E-state index in [1.807, 2.05) is 6.92 Å². The van der Waals surface area contributed by atoms with Gasteiger partial charge >= 0.3 is 0 Å². The highest BCUT2D eigenvalue weighted by atomic mass is 127. The Labute approximate surface area is 180 Å². The maximum absolute atomic E-state index is 11.9. The first kappa shape index (κ1) is 24.1. The normalized spacial score (nSPS) is 24.9. The first-order valence-corrected chi connectivity index (χ1v) is 9.94. The number of nitrogens with zero attached hydrogens (tertiary/aromatic N) is 2. The van der Waals surface area contributed by atoms with Crippen molar-refractivity contribution in [1.29, 1.82) is 0 Å². The van der Waals surface area contributed by atoms with Crippen LogP contribution < -0.4 is 10.6 Å². The van der Waals surface area contributed by atoms with Gasteiger partial charge in [-0.05, 0) is 32.6 Å². The van der Waals surface area contributed by atoms with Crippen LogP contribution in [0.3, 0.4) is 0 Å². The first-order valence-electron chi connectivity index (χ1n) is 9.94. The zero-order chi connectivity index (χ0) is 19.2. The quantitative estimate of drug-likeness (QED) is 0.234. The lowest BCUT2D eigenvalue weighted by Gasteiger charge is -2.55. The third-order valence-corrected chi connectivity index (χ3v) is 6.02. The van der Waals surface area contributed by atoms with Crippen molar-refractivity contribution in [1.82, 2.24) is 15.5 Å². The maximum atomic E-state index is 11.9.